The maximum Gasteiger partial charge on any atom is 0.150 e. The van der Waals surface area contributed by atoms with Gasteiger partial charge in [0.15, 0.2) is 0 Å². The quantitative estimate of drug-likeness (QED) is 0.690. The summed E-state index contributed by atoms with van der Waals surface area (Å²) in [6.07, 6.45) is 0.760. The van der Waals surface area contributed by atoms with Crippen molar-refractivity contribution in [1.82, 2.24) is 0 Å². The van der Waals surface area contributed by atoms with Crippen molar-refractivity contribution < 1.29 is 18.3 Å². The maximum atomic E-state index is 11.3. The molecule has 1 aliphatic rings. The van der Waals surface area contributed by atoms with E-state index in [0.717, 1.165) is 6.42 Å². The molecule has 0 aromatic heterocycles. The smallest absolute Gasteiger partial charge is 0.150 e. The van der Waals surface area contributed by atoms with Gasteiger partial charge in [0.1, 0.15) is 9.84 Å². The second-order valence-corrected chi connectivity index (χ2v) is 6.45. The summed E-state index contributed by atoms with van der Waals surface area (Å²) in [6.45, 7) is 2.12. The average molecular weight is 222 g/mol. The molecule has 0 saturated heterocycles. The predicted octanol–water partition coefficient (Wildman–Crippen LogP) is 0.0661. The molecule has 0 bridgehead atoms. The van der Waals surface area contributed by atoms with Gasteiger partial charge in [0.25, 0.3) is 0 Å². The molecule has 1 fully saturated rings. The van der Waals surface area contributed by atoms with Crippen LogP contribution in [0, 0.1) is 11.3 Å². The van der Waals surface area contributed by atoms with Crippen LogP contribution in [0.2, 0.25) is 0 Å². The third-order valence-electron chi connectivity index (χ3n) is 3.00. The fourth-order valence-electron chi connectivity index (χ4n) is 1.80. The van der Waals surface area contributed by atoms with Crippen LogP contribution in [0.3, 0.4) is 0 Å². The van der Waals surface area contributed by atoms with Crippen molar-refractivity contribution in [2.75, 3.05) is 31.8 Å². The summed E-state index contributed by atoms with van der Waals surface area (Å²) in [6, 6.07) is 0. The Hall–Kier alpha value is -0.130. The van der Waals surface area contributed by atoms with Crippen LogP contribution in [-0.2, 0) is 14.6 Å². The highest BCUT2D eigenvalue weighted by atomic mass is 32.2. The molecular formula is C9H18O4S. The summed E-state index contributed by atoms with van der Waals surface area (Å²) in [5.41, 5.74) is -0.281. The molecule has 2 atom stereocenters. The first-order valence-electron chi connectivity index (χ1n) is 4.80. The van der Waals surface area contributed by atoms with Gasteiger partial charge in [0, 0.05) is 18.3 Å². The fourth-order valence-corrected chi connectivity index (χ4v) is 3.12. The Balaban J connectivity index is 2.52. The van der Waals surface area contributed by atoms with E-state index in [1.54, 1.807) is 14.0 Å². The summed E-state index contributed by atoms with van der Waals surface area (Å²) in [7, 11) is -1.35. The van der Waals surface area contributed by atoms with Gasteiger partial charge in [0.05, 0.1) is 19.0 Å². The summed E-state index contributed by atoms with van der Waals surface area (Å²) in [5, 5.41) is 9.15. The lowest BCUT2D eigenvalue weighted by Gasteiger charge is -2.12. The molecule has 5 heteroatoms. The lowest BCUT2D eigenvalue weighted by molar-refractivity contribution is 0.0879. The number of rotatable bonds is 6. The molecule has 4 nitrogen and oxygen atoms in total. The lowest BCUT2D eigenvalue weighted by atomic mass is 10.1. The molecule has 1 N–H and O–H groups in total. The molecule has 0 heterocycles. The maximum absolute atomic E-state index is 11.3. The first kappa shape index (κ1) is 11.9. The minimum Gasteiger partial charge on any atom is -0.396 e. The van der Waals surface area contributed by atoms with Gasteiger partial charge >= 0.3 is 0 Å². The number of hydrogen-bond acceptors (Lipinski definition) is 4. The first-order valence-corrected chi connectivity index (χ1v) is 6.62. The number of sulfone groups is 1. The van der Waals surface area contributed by atoms with E-state index in [4.69, 9.17) is 9.84 Å². The zero-order valence-electron chi connectivity index (χ0n) is 8.69. The molecule has 0 radical (unpaired) electrons. The molecule has 0 spiro atoms. The van der Waals surface area contributed by atoms with Gasteiger partial charge in [0.2, 0.25) is 0 Å². The summed E-state index contributed by atoms with van der Waals surface area (Å²) in [5.74, 6) is 0.447. The van der Waals surface area contributed by atoms with E-state index in [9.17, 15) is 8.42 Å². The molecular weight excluding hydrogens is 204 g/mol. The summed E-state index contributed by atoms with van der Waals surface area (Å²) < 4.78 is 27.7. The van der Waals surface area contributed by atoms with E-state index in [0.29, 0.717) is 6.61 Å². The Kier molecular flexibility index (Phi) is 3.55. The van der Waals surface area contributed by atoms with Crippen molar-refractivity contribution in [2.45, 2.75) is 13.3 Å². The van der Waals surface area contributed by atoms with Gasteiger partial charge < -0.3 is 9.84 Å². The zero-order chi connectivity index (χ0) is 10.8. The summed E-state index contributed by atoms with van der Waals surface area (Å²) in [4.78, 5) is 0. The van der Waals surface area contributed by atoms with E-state index >= 15 is 0 Å². The highest BCUT2D eigenvalue weighted by Gasteiger charge is 2.54. The third kappa shape index (κ3) is 2.46. The van der Waals surface area contributed by atoms with Gasteiger partial charge in [-0.05, 0) is 12.3 Å². The van der Waals surface area contributed by atoms with E-state index in [1.807, 2.05) is 0 Å². The lowest BCUT2D eigenvalue weighted by Crippen LogP contribution is -2.21. The van der Waals surface area contributed by atoms with E-state index in [1.165, 1.54) is 0 Å². The normalized spacial score (nSPS) is 31.8. The molecule has 14 heavy (non-hydrogen) atoms. The van der Waals surface area contributed by atoms with Gasteiger partial charge in [-0.15, -0.1) is 0 Å². The molecule has 84 valence electrons. The molecule has 1 aliphatic carbocycles. The molecule has 1 saturated carbocycles. The number of hydrogen-bond donors (Lipinski definition) is 1. The van der Waals surface area contributed by atoms with Crippen LogP contribution < -0.4 is 0 Å². The van der Waals surface area contributed by atoms with E-state index in [2.05, 4.69) is 0 Å². The van der Waals surface area contributed by atoms with Gasteiger partial charge in [-0.2, -0.15) is 0 Å². The van der Waals surface area contributed by atoms with Gasteiger partial charge in [-0.25, -0.2) is 8.42 Å². The standard InChI is InChI=1S/C9H18O4S/c1-3-14(11,12)5-8-4-9(8,6-10)7-13-2/h8,10H,3-7H2,1-2H3. The van der Waals surface area contributed by atoms with Crippen LogP contribution in [0.4, 0.5) is 0 Å². The molecule has 0 aliphatic heterocycles. The SMILES string of the molecule is CCS(=O)(=O)CC1CC1(CO)COC. The Bertz CT molecular complexity index is 285. The van der Waals surface area contributed by atoms with Crippen molar-refractivity contribution >= 4 is 9.84 Å². The minimum atomic E-state index is -2.92. The van der Waals surface area contributed by atoms with Crippen molar-refractivity contribution in [1.29, 1.82) is 0 Å². The Labute approximate surface area is 85.2 Å². The summed E-state index contributed by atoms with van der Waals surface area (Å²) >= 11 is 0. The Morgan fingerprint density at radius 1 is 1.57 bits per heavy atom. The average Bonchev–Trinajstić information content (AvgIpc) is 2.79. The number of aliphatic hydroxyl groups is 1. The third-order valence-corrected chi connectivity index (χ3v) is 4.79. The van der Waals surface area contributed by atoms with Crippen LogP contribution in [0.25, 0.3) is 0 Å². The van der Waals surface area contributed by atoms with Crippen LogP contribution in [0.5, 0.6) is 0 Å². The second kappa shape index (κ2) is 4.16. The topological polar surface area (TPSA) is 63.6 Å². The second-order valence-electron chi connectivity index (χ2n) is 4.05. The van der Waals surface area contributed by atoms with Crippen LogP contribution in [0.1, 0.15) is 13.3 Å². The van der Waals surface area contributed by atoms with E-state index in [-0.39, 0.29) is 29.4 Å². The zero-order valence-corrected chi connectivity index (χ0v) is 9.51. The molecule has 0 amide bonds. The fraction of sp³-hybridized carbons (Fsp3) is 1.00. The largest absolute Gasteiger partial charge is 0.396 e. The minimum absolute atomic E-state index is 0.0186. The number of methoxy groups -OCH3 is 1. The Morgan fingerprint density at radius 3 is 2.64 bits per heavy atom. The van der Waals surface area contributed by atoms with E-state index < -0.39 is 9.84 Å². The van der Waals surface area contributed by atoms with Crippen LogP contribution in [0.15, 0.2) is 0 Å². The molecule has 1 rings (SSSR count). The number of aliphatic hydroxyl groups excluding tert-OH is 1. The van der Waals surface area contributed by atoms with Crippen molar-refractivity contribution in [3.8, 4) is 0 Å². The van der Waals surface area contributed by atoms with Crippen molar-refractivity contribution in [3.05, 3.63) is 0 Å². The van der Waals surface area contributed by atoms with Crippen molar-refractivity contribution in [2.24, 2.45) is 11.3 Å². The highest BCUT2D eigenvalue weighted by molar-refractivity contribution is 7.91. The van der Waals surface area contributed by atoms with Crippen molar-refractivity contribution in [3.63, 3.8) is 0 Å². The highest BCUT2D eigenvalue weighted by Crippen LogP contribution is 2.52. The monoisotopic (exact) mass is 222 g/mol. The van der Waals surface area contributed by atoms with Crippen LogP contribution >= 0.6 is 0 Å². The predicted molar refractivity (Wildman–Crippen MR) is 53.8 cm³/mol. The molecule has 2 unspecified atom stereocenters. The van der Waals surface area contributed by atoms with Crippen LogP contribution in [-0.4, -0.2) is 45.4 Å². The molecule has 0 aromatic carbocycles. The van der Waals surface area contributed by atoms with Gasteiger partial charge in [-0.1, -0.05) is 6.92 Å². The molecule has 0 aromatic rings. The van der Waals surface area contributed by atoms with Gasteiger partial charge in [-0.3, -0.25) is 0 Å². The Morgan fingerprint density at radius 2 is 2.21 bits per heavy atom. The first-order chi connectivity index (χ1) is 6.49. The number of ether oxygens (including phenoxy) is 1.